The molecule has 6 atom stereocenters. The van der Waals surface area contributed by atoms with Gasteiger partial charge in [0.05, 0.1) is 22.9 Å². The average Bonchev–Trinajstić information content (AvgIpc) is 3.18. The minimum atomic E-state index is -1.42. The van der Waals surface area contributed by atoms with E-state index in [4.69, 9.17) is 28.0 Å². The third-order valence-electron chi connectivity index (χ3n) is 10.6. The van der Waals surface area contributed by atoms with Gasteiger partial charge in [-0.15, -0.1) is 0 Å². The maximum absolute atomic E-state index is 7.79. The summed E-state index contributed by atoms with van der Waals surface area (Å²) < 4.78 is 42.9. The van der Waals surface area contributed by atoms with Crippen molar-refractivity contribution >= 4 is 37.5 Å². The van der Waals surface area contributed by atoms with E-state index in [1.807, 2.05) is 60.7 Å². The lowest BCUT2D eigenvalue weighted by molar-refractivity contribution is -0.342. The third-order valence-corrected chi connectivity index (χ3v) is 14.4. The minimum Gasteiger partial charge on any atom is -0.462 e. The standard InChI is InChI=1S/C51H54O6P2/c1-32-19-33(2)24-42(23-32)58(43-25-34(3)20-35(4)26-43)56-48-47-46(31-52-50(55-47)40-15-11-9-12-16-40)54-51(53-41-17-13-10-14-18-41)49(48)57-59(44-27-36(5)21-37(6)28-44)45-29-38(7)22-39(8)30-45/h9-30,46-51H,31H2,1-8H3/t46-,47-,48+,49-,50?,51-/m1/s1. The van der Waals surface area contributed by atoms with Crippen molar-refractivity contribution in [2.45, 2.75) is 92.4 Å². The second kappa shape index (κ2) is 18.2. The van der Waals surface area contributed by atoms with Crippen LogP contribution in [0, 0.1) is 55.4 Å². The Kier molecular flexibility index (Phi) is 12.8. The van der Waals surface area contributed by atoms with Crippen LogP contribution in [0.25, 0.3) is 0 Å². The largest absolute Gasteiger partial charge is 0.462 e. The number of rotatable bonds is 11. The van der Waals surface area contributed by atoms with Crippen molar-refractivity contribution in [2.75, 3.05) is 6.61 Å². The molecule has 1 unspecified atom stereocenters. The first-order chi connectivity index (χ1) is 28.4. The summed E-state index contributed by atoms with van der Waals surface area (Å²) in [6.45, 7) is 17.5. The van der Waals surface area contributed by atoms with Gasteiger partial charge < -0.3 is 28.0 Å². The molecule has 0 aromatic heterocycles. The zero-order valence-electron chi connectivity index (χ0n) is 35.2. The van der Waals surface area contributed by atoms with E-state index in [9.17, 15) is 0 Å². The van der Waals surface area contributed by atoms with Crippen LogP contribution in [0.15, 0.2) is 133 Å². The highest BCUT2D eigenvalue weighted by Crippen LogP contribution is 2.48. The normalized spacial score (nSPS) is 21.7. The SMILES string of the molecule is Cc1cc(C)cc(P(O[C@@H]2[C@@H](OP(c3cc(C)cc(C)c3)c3cc(C)cc(C)c3)[C@H](Oc3ccccc3)O[C@@H]3COC(c4ccccc4)O[C@@H]23)c2cc(C)cc(C)c2)c1. The second-order valence-corrected chi connectivity index (χ2v) is 19.9. The van der Waals surface area contributed by atoms with Crippen molar-refractivity contribution < 1.29 is 28.0 Å². The molecular formula is C51H54O6P2. The van der Waals surface area contributed by atoms with Crippen molar-refractivity contribution in [3.63, 3.8) is 0 Å². The summed E-state index contributed by atoms with van der Waals surface area (Å²) in [4.78, 5) is 0. The van der Waals surface area contributed by atoms with E-state index in [1.165, 1.54) is 44.5 Å². The maximum atomic E-state index is 7.79. The van der Waals surface area contributed by atoms with Crippen molar-refractivity contribution in [1.82, 2.24) is 0 Å². The molecule has 2 saturated heterocycles. The van der Waals surface area contributed by atoms with Gasteiger partial charge in [0.1, 0.15) is 24.1 Å². The number of benzene rings is 6. The molecule has 304 valence electrons. The summed E-state index contributed by atoms with van der Waals surface area (Å²) in [5.41, 5.74) is 10.4. The summed E-state index contributed by atoms with van der Waals surface area (Å²) in [6, 6.07) is 46.8. The van der Waals surface area contributed by atoms with Crippen LogP contribution in [0.2, 0.25) is 0 Å². The highest BCUT2D eigenvalue weighted by Gasteiger charge is 2.54. The molecular weight excluding hydrogens is 771 g/mol. The van der Waals surface area contributed by atoms with Crippen LogP contribution in [-0.4, -0.2) is 37.3 Å². The molecule has 0 amide bonds. The average molecular weight is 825 g/mol. The summed E-state index contributed by atoms with van der Waals surface area (Å²) in [5, 5.41) is 4.48. The van der Waals surface area contributed by atoms with Gasteiger partial charge in [-0.25, -0.2) is 0 Å². The Morgan fingerprint density at radius 1 is 0.458 bits per heavy atom. The van der Waals surface area contributed by atoms with Gasteiger partial charge in [-0.05, 0) is 116 Å². The molecule has 6 nitrogen and oxygen atoms in total. The summed E-state index contributed by atoms with van der Waals surface area (Å²) in [5.74, 6) is 0.677. The molecule has 8 rings (SSSR count). The van der Waals surface area contributed by atoms with E-state index in [2.05, 4.69) is 128 Å². The lowest BCUT2D eigenvalue weighted by atomic mass is 9.98. The molecule has 8 heteroatoms. The van der Waals surface area contributed by atoms with E-state index >= 15 is 0 Å². The number of hydrogen-bond donors (Lipinski definition) is 0. The van der Waals surface area contributed by atoms with E-state index in [-0.39, 0.29) is 0 Å². The number of para-hydroxylation sites is 1. The van der Waals surface area contributed by atoms with E-state index in [1.54, 1.807) is 0 Å². The number of hydrogen-bond acceptors (Lipinski definition) is 6. The van der Waals surface area contributed by atoms with Gasteiger partial charge in [-0.1, -0.05) is 117 Å². The van der Waals surface area contributed by atoms with Crippen LogP contribution in [0.5, 0.6) is 5.75 Å². The molecule has 59 heavy (non-hydrogen) atoms. The minimum absolute atomic E-state index is 0.291. The fourth-order valence-corrected chi connectivity index (χ4v) is 12.9. The summed E-state index contributed by atoms with van der Waals surface area (Å²) in [6.07, 6.45) is -3.92. The molecule has 2 fully saturated rings. The molecule has 0 aliphatic carbocycles. The molecule has 0 N–H and O–H groups in total. The van der Waals surface area contributed by atoms with Gasteiger partial charge in [-0.2, -0.15) is 0 Å². The number of aryl methyl sites for hydroxylation is 8. The molecule has 0 saturated carbocycles. The van der Waals surface area contributed by atoms with Gasteiger partial charge in [0.15, 0.2) is 12.4 Å². The fraction of sp³-hybridized carbons (Fsp3) is 0.294. The van der Waals surface area contributed by atoms with Gasteiger partial charge in [0, 0.05) is 26.8 Å². The Hall–Kier alpha value is -4.22. The molecule has 2 heterocycles. The van der Waals surface area contributed by atoms with E-state index < -0.39 is 53.3 Å². The lowest BCUT2D eigenvalue weighted by Crippen LogP contribution is -2.64. The Morgan fingerprint density at radius 2 is 0.847 bits per heavy atom. The summed E-state index contributed by atoms with van der Waals surface area (Å²) in [7, 11) is -2.82. The Balaban J connectivity index is 1.32. The van der Waals surface area contributed by atoms with Crippen LogP contribution >= 0.6 is 16.3 Å². The van der Waals surface area contributed by atoms with Crippen LogP contribution in [-0.2, 0) is 23.3 Å². The van der Waals surface area contributed by atoms with Gasteiger partial charge in [0.25, 0.3) is 0 Å². The topological polar surface area (TPSA) is 55.4 Å². The first kappa shape index (κ1) is 41.5. The maximum Gasteiger partial charge on any atom is 0.229 e. The van der Waals surface area contributed by atoms with Crippen LogP contribution in [0.1, 0.15) is 56.4 Å². The first-order valence-corrected chi connectivity index (χ1v) is 22.9. The lowest BCUT2D eigenvalue weighted by Gasteiger charge is -2.50. The number of fused-ring (bicyclic) bond motifs is 1. The highest BCUT2D eigenvalue weighted by atomic mass is 31.1. The number of ether oxygens (including phenoxy) is 4. The Labute approximate surface area is 352 Å². The van der Waals surface area contributed by atoms with Crippen molar-refractivity contribution in [1.29, 1.82) is 0 Å². The third kappa shape index (κ3) is 9.88. The zero-order chi connectivity index (χ0) is 41.2. The monoisotopic (exact) mass is 824 g/mol. The summed E-state index contributed by atoms with van der Waals surface area (Å²) >= 11 is 0. The molecule has 2 aliphatic heterocycles. The molecule has 0 radical (unpaired) electrons. The van der Waals surface area contributed by atoms with Crippen LogP contribution < -0.4 is 26.0 Å². The predicted molar refractivity (Wildman–Crippen MR) is 242 cm³/mol. The Morgan fingerprint density at radius 3 is 1.27 bits per heavy atom. The molecule has 0 bridgehead atoms. The van der Waals surface area contributed by atoms with Gasteiger partial charge in [0.2, 0.25) is 6.29 Å². The Bertz CT molecular complexity index is 2200. The molecule has 2 aliphatic rings. The van der Waals surface area contributed by atoms with Gasteiger partial charge in [-0.3, -0.25) is 0 Å². The van der Waals surface area contributed by atoms with Crippen molar-refractivity contribution in [3.05, 3.63) is 184 Å². The molecule has 6 aromatic carbocycles. The van der Waals surface area contributed by atoms with Crippen LogP contribution in [0.4, 0.5) is 0 Å². The van der Waals surface area contributed by atoms with Gasteiger partial charge >= 0.3 is 0 Å². The zero-order valence-corrected chi connectivity index (χ0v) is 37.0. The predicted octanol–water partition coefficient (Wildman–Crippen LogP) is 10.2. The molecule has 6 aromatic rings. The molecule has 0 spiro atoms. The van der Waals surface area contributed by atoms with Crippen LogP contribution in [0.3, 0.4) is 0 Å². The fourth-order valence-electron chi connectivity index (χ4n) is 8.34. The van der Waals surface area contributed by atoms with E-state index in [0.29, 0.717) is 12.4 Å². The first-order valence-electron chi connectivity index (χ1n) is 20.4. The quantitative estimate of drug-likeness (QED) is 0.121. The smallest absolute Gasteiger partial charge is 0.229 e. The highest BCUT2D eigenvalue weighted by molar-refractivity contribution is 7.69. The van der Waals surface area contributed by atoms with Crippen molar-refractivity contribution in [3.8, 4) is 5.75 Å². The second-order valence-electron chi connectivity index (χ2n) is 16.3. The van der Waals surface area contributed by atoms with E-state index in [0.717, 1.165) is 26.8 Å². The van der Waals surface area contributed by atoms with Crippen molar-refractivity contribution in [2.24, 2.45) is 0 Å².